The second-order valence-electron chi connectivity index (χ2n) is 4.81. The highest BCUT2D eigenvalue weighted by Gasteiger charge is 2.29. The van der Waals surface area contributed by atoms with Crippen molar-refractivity contribution in [3.8, 4) is 0 Å². The fourth-order valence-corrected chi connectivity index (χ4v) is 3.86. The number of nitrogens with zero attached hydrogens (tertiary/aromatic N) is 2. The maximum Gasteiger partial charge on any atom is 0.246 e. The predicted octanol–water partition coefficient (Wildman–Crippen LogP) is 0.632. The average Bonchev–Trinajstić information content (AvgIpc) is 2.57. The van der Waals surface area contributed by atoms with Gasteiger partial charge in [0, 0.05) is 19.6 Å². The standard InChI is InChI=1S/C11H22N4O2S/c1-8(2)7-15(6-5-12)18(16,17)11-9(3)13-14-10(11)4/h8H,5-7,12H2,1-4H3,(H,13,14). The summed E-state index contributed by atoms with van der Waals surface area (Å²) in [5.74, 6) is 0.249. The Hall–Kier alpha value is -0.920. The van der Waals surface area contributed by atoms with Crippen LogP contribution in [0, 0.1) is 19.8 Å². The van der Waals surface area contributed by atoms with Crippen LogP contribution in [0.1, 0.15) is 25.2 Å². The van der Waals surface area contributed by atoms with Gasteiger partial charge in [0.1, 0.15) is 4.90 Å². The lowest BCUT2D eigenvalue weighted by Crippen LogP contribution is -2.38. The number of H-pyrrole nitrogens is 1. The number of sulfonamides is 1. The van der Waals surface area contributed by atoms with Crippen LogP contribution in [0.15, 0.2) is 4.90 Å². The van der Waals surface area contributed by atoms with Gasteiger partial charge in [-0.1, -0.05) is 13.8 Å². The zero-order valence-electron chi connectivity index (χ0n) is 11.4. The third kappa shape index (κ3) is 3.09. The van der Waals surface area contributed by atoms with E-state index in [0.717, 1.165) is 0 Å². The number of nitrogens with two attached hydrogens (primary N) is 1. The normalized spacial score (nSPS) is 12.6. The Morgan fingerprint density at radius 3 is 2.39 bits per heavy atom. The molecule has 1 aromatic rings. The van der Waals surface area contributed by atoms with E-state index in [9.17, 15) is 8.42 Å². The van der Waals surface area contributed by atoms with Crippen LogP contribution in [0.5, 0.6) is 0 Å². The van der Waals surface area contributed by atoms with Gasteiger partial charge >= 0.3 is 0 Å². The molecule has 0 radical (unpaired) electrons. The molecule has 0 unspecified atom stereocenters. The van der Waals surface area contributed by atoms with Crippen LogP contribution in [0.3, 0.4) is 0 Å². The zero-order valence-corrected chi connectivity index (χ0v) is 12.2. The Morgan fingerprint density at radius 2 is 2.00 bits per heavy atom. The molecule has 0 fully saturated rings. The summed E-state index contributed by atoms with van der Waals surface area (Å²) >= 11 is 0. The summed E-state index contributed by atoms with van der Waals surface area (Å²) in [6, 6.07) is 0. The summed E-state index contributed by atoms with van der Waals surface area (Å²) in [5, 5.41) is 6.65. The Kier molecular flexibility index (Phi) is 4.89. The minimum atomic E-state index is -3.52. The second kappa shape index (κ2) is 5.81. The van der Waals surface area contributed by atoms with Crippen LogP contribution in [-0.4, -0.2) is 42.6 Å². The quantitative estimate of drug-likeness (QED) is 0.796. The molecule has 0 aliphatic carbocycles. The number of aromatic nitrogens is 2. The molecule has 3 N–H and O–H groups in total. The Balaban J connectivity index is 3.17. The molecule has 0 saturated heterocycles. The summed E-state index contributed by atoms with van der Waals surface area (Å²) in [6.07, 6.45) is 0. The van der Waals surface area contributed by atoms with E-state index in [1.807, 2.05) is 13.8 Å². The van der Waals surface area contributed by atoms with E-state index in [-0.39, 0.29) is 10.8 Å². The number of aryl methyl sites for hydroxylation is 2. The van der Waals surface area contributed by atoms with Gasteiger partial charge in [-0.3, -0.25) is 5.10 Å². The minimum Gasteiger partial charge on any atom is -0.329 e. The first-order valence-electron chi connectivity index (χ1n) is 6.02. The van der Waals surface area contributed by atoms with E-state index >= 15 is 0 Å². The van der Waals surface area contributed by atoms with Gasteiger partial charge in [-0.25, -0.2) is 8.42 Å². The van der Waals surface area contributed by atoms with Crippen LogP contribution < -0.4 is 5.73 Å². The van der Waals surface area contributed by atoms with Crippen molar-refractivity contribution in [2.45, 2.75) is 32.6 Å². The fraction of sp³-hybridized carbons (Fsp3) is 0.727. The molecule has 0 aromatic carbocycles. The van der Waals surface area contributed by atoms with Crippen molar-refractivity contribution >= 4 is 10.0 Å². The summed E-state index contributed by atoms with van der Waals surface area (Å²) in [6.45, 7) is 8.45. The molecule has 0 aliphatic heterocycles. The first-order chi connectivity index (χ1) is 8.30. The van der Waals surface area contributed by atoms with Crippen molar-refractivity contribution < 1.29 is 8.42 Å². The van der Waals surface area contributed by atoms with Crippen molar-refractivity contribution in [1.82, 2.24) is 14.5 Å². The van der Waals surface area contributed by atoms with Crippen LogP contribution in [0.4, 0.5) is 0 Å². The largest absolute Gasteiger partial charge is 0.329 e. The maximum absolute atomic E-state index is 12.6. The molecule has 0 amide bonds. The molecule has 104 valence electrons. The van der Waals surface area contributed by atoms with Gasteiger partial charge in [0.15, 0.2) is 0 Å². The molecule has 18 heavy (non-hydrogen) atoms. The van der Waals surface area contributed by atoms with E-state index in [2.05, 4.69) is 10.2 Å². The smallest absolute Gasteiger partial charge is 0.246 e. The van der Waals surface area contributed by atoms with Gasteiger partial charge in [-0.05, 0) is 19.8 Å². The molecule has 1 aromatic heterocycles. The highest BCUT2D eigenvalue weighted by molar-refractivity contribution is 7.89. The number of hydrogen-bond acceptors (Lipinski definition) is 4. The molecule has 0 bridgehead atoms. The van der Waals surface area contributed by atoms with Crippen molar-refractivity contribution in [2.75, 3.05) is 19.6 Å². The molecule has 6 nitrogen and oxygen atoms in total. The van der Waals surface area contributed by atoms with Crippen LogP contribution in [-0.2, 0) is 10.0 Å². The van der Waals surface area contributed by atoms with Gasteiger partial charge in [-0.15, -0.1) is 0 Å². The van der Waals surface area contributed by atoms with E-state index < -0.39 is 10.0 Å². The SMILES string of the molecule is Cc1n[nH]c(C)c1S(=O)(=O)N(CCN)CC(C)C. The third-order valence-electron chi connectivity index (χ3n) is 2.61. The molecule has 1 heterocycles. The molecule has 1 rings (SSSR count). The van der Waals surface area contributed by atoms with Gasteiger partial charge in [-0.2, -0.15) is 9.40 Å². The Labute approximate surface area is 109 Å². The molecule has 0 atom stereocenters. The number of aromatic amines is 1. The first-order valence-corrected chi connectivity index (χ1v) is 7.46. The Morgan fingerprint density at radius 1 is 1.39 bits per heavy atom. The average molecular weight is 274 g/mol. The topological polar surface area (TPSA) is 92.1 Å². The summed E-state index contributed by atoms with van der Waals surface area (Å²) < 4.78 is 26.6. The number of hydrogen-bond donors (Lipinski definition) is 2. The monoisotopic (exact) mass is 274 g/mol. The van der Waals surface area contributed by atoms with E-state index in [1.165, 1.54) is 4.31 Å². The molecular formula is C11H22N4O2S. The molecule has 7 heteroatoms. The molecule has 0 spiro atoms. The molecular weight excluding hydrogens is 252 g/mol. The zero-order chi connectivity index (χ0) is 13.9. The van der Waals surface area contributed by atoms with Gasteiger partial charge in [0.25, 0.3) is 0 Å². The first kappa shape index (κ1) is 15.1. The van der Waals surface area contributed by atoms with Crippen LogP contribution >= 0.6 is 0 Å². The molecule has 0 aliphatic rings. The van der Waals surface area contributed by atoms with Gasteiger partial charge in [0.05, 0.1) is 11.4 Å². The number of rotatable bonds is 6. The lowest BCUT2D eigenvalue weighted by molar-refractivity contribution is 0.373. The lowest BCUT2D eigenvalue weighted by atomic mass is 10.2. The second-order valence-corrected chi connectivity index (χ2v) is 6.68. The third-order valence-corrected chi connectivity index (χ3v) is 4.73. The van der Waals surface area contributed by atoms with Crippen LogP contribution in [0.2, 0.25) is 0 Å². The van der Waals surface area contributed by atoms with E-state index in [0.29, 0.717) is 31.0 Å². The molecule has 0 saturated carbocycles. The van der Waals surface area contributed by atoms with Crippen molar-refractivity contribution in [3.05, 3.63) is 11.4 Å². The fourth-order valence-electron chi connectivity index (χ4n) is 1.91. The van der Waals surface area contributed by atoms with E-state index in [4.69, 9.17) is 5.73 Å². The Bertz CT molecular complexity index is 474. The van der Waals surface area contributed by atoms with Gasteiger partial charge in [0.2, 0.25) is 10.0 Å². The summed E-state index contributed by atoms with van der Waals surface area (Å²) in [5.41, 5.74) is 6.57. The van der Waals surface area contributed by atoms with Crippen molar-refractivity contribution in [1.29, 1.82) is 0 Å². The summed E-state index contributed by atoms with van der Waals surface area (Å²) in [7, 11) is -3.52. The predicted molar refractivity (Wildman–Crippen MR) is 70.7 cm³/mol. The number of nitrogens with one attached hydrogen (secondary N) is 1. The summed E-state index contributed by atoms with van der Waals surface area (Å²) in [4.78, 5) is 0.275. The highest BCUT2D eigenvalue weighted by Crippen LogP contribution is 2.22. The minimum absolute atomic E-state index is 0.249. The van der Waals surface area contributed by atoms with Crippen molar-refractivity contribution in [2.24, 2.45) is 11.7 Å². The van der Waals surface area contributed by atoms with E-state index in [1.54, 1.807) is 13.8 Å². The lowest BCUT2D eigenvalue weighted by Gasteiger charge is -2.23. The van der Waals surface area contributed by atoms with Crippen LogP contribution in [0.25, 0.3) is 0 Å². The highest BCUT2D eigenvalue weighted by atomic mass is 32.2. The maximum atomic E-state index is 12.6. The van der Waals surface area contributed by atoms with Crippen molar-refractivity contribution in [3.63, 3.8) is 0 Å². The van der Waals surface area contributed by atoms with Gasteiger partial charge < -0.3 is 5.73 Å².